The highest BCUT2D eigenvalue weighted by molar-refractivity contribution is 6.30. The number of anilines is 1. The highest BCUT2D eigenvalue weighted by atomic mass is 35.5. The van der Waals surface area contributed by atoms with Gasteiger partial charge in [-0.25, -0.2) is 0 Å². The number of aryl methyl sites for hydroxylation is 1. The summed E-state index contributed by atoms with van der Waals surface area (Å²) in [4.78, 5) is 22.2. The second kappa shape index (κ2) is 9.90. The van der Waals surface area contributed by atoms with Crippen LogP contribution in [0.4, 0.5) is 5.69 Å². The lowest BCUT2D eigenvalue weighted by Gasteiger charge is -2.30. The SMILES string of the molecule is O=C(c1ccc(-c2ccc(Cl)cc2)nc1)N1CCCc2cc(/C=C/CN3CCCC3)ccc21. The molecular weight excluding hydrogens is 430 g/mol. The van der Waals surface area contributed by atoms with Gasteiger partial charge in [0.05, 0.1) is 11.3 Å². The largest absolute Gasteiger partial charge is 0.308 e. The molecule has 2 aliphatic heterocycles. The number of likely N-dealkylation sites (tertiary alicyclic amines) is 1. The number of benzene rings is 2. The van der Waals surface area contributed by atoms with Gasteiger partial charge in [-0.05, 0) is 86.3 Å². The molecule has 4 nitrogen and oxygen atoms in total. The summed E-state index contributed by atoms with van der Waals surface area (Å²) in [7, 11) is 0. The van der Waals surface area contributed by atoms with E-state index in [-0.39, 0.29) is 5.91 Å². The molecule has 2 aliphatic rings. The topological polar surface area (TPSA) is 36.4 Å². The van der Waals surface area contributed by atoms with Gasteiger partial charge in [-0.1, -0.05) is 42.0 Å². The van der Waals surface area contributed by atoms with E-state index in [9.17, 15) is 4.79 Å². The molecule has 0 spiro atoms. The predicted octanol–water partition coefficient (Wildman–Crippen LogP) is 6.10. The number of nitrogens with zero attached hydrogens (tertiary/aromatic N) is 3. The van der Waals surface area contributed by atoms with Crippen molar-refractivity contribution in [3.05, 3.63) is 88.6 Å². The molecule has 2 aromatic carbocycles. The molecule has 1 amide bonds. The predicted molar refractivity (Wildman–Crippen MR) is 136 cm³/mol. The fourth-order valence-electron chi connectivity index (χ4n) is 4.70. The Bertz CT molecular complexity index is 1150. The van der Waals surface area contributed by atoms with Crippen LogP contribution in [0.3, 0.4) is 0 Å². The van der Waals surface area contributed by atoms with Crippen LogP contribution in [0.25, 0.3) is 17.3 Å². The van der Waals surface area contributed by atoms with Crippen LogP contribution in [0.1, 0.15) is 40.7 Å². The smallest absolute Gasteiger partial charge is 0.259 e. The summed E-state index contributed by atoms with van der Waals surface area (Å²) >= 11 is 5.98. The molecule has 1 fully saturated rings. The van der Waals surface area contributed by atoms with Crippen molar-refractivity contribution in [2.45, 2.75) is 25.7 Å². The molecule has 3 aromatic rings. The summed E-state index contributed by atoms with van der Waals surface area (Å²) in [6.07, 6.45) is 10.7. The highest BCUT2D eigenvalue weighted by Crippen LogP contribution is 2.30. The molecule has 33 heavy (non-hydrogen) atoms. The minimum atomic E-state index is 0.00318. The van der Waals surface area contributed by atoms with Crippen LogP contribution in [-0.4, -0.2) is 42.0 Å². The average molecular weight is 458 g/mol. The standard InChI is InChI=1S/C28H28ClN3O/c29-25-11-8-22(9-12-25)26-13-10-24(20-30-26)28(33)32-18-4-6-23-19-21(7-14-27(23)32)5-3-17-31-15-1-2-16-31/h3,5,7-14,19-20H,1-2,4,6,15-18H2/b5-3+. The number of aromatic nitrogens is 1. The number of hydrogen-bond acceptors (Lipinski definition) is 3. The Labute approximate surface area is 200 Å². The van der Waals surface area contributed by atoms with E-state index in [1.165, 1.54) is 37.1 Å². The van der Waals surface area contributed by atoms with Crippen molar-refractivity contribution in [2.24, 2.45) is 0 Å². The monoisotopic (exact) mass is 457 g/mol. The zero-order valence-electron chi connectivity index (χ0n) is 18.7. The first-order valence-electron chi connectivity index (χ1n) is 11.7. The minimum Gasteiger partial charge on any atom is -0.308 e. The van der Waals surface area contributed by atoms with E-state index in [0.29, 0.717) is 10.6 Å². The number of halogens is 1. The summed E-state index contributed by atoms with van der Waals surface area (Å²) < 4.78 is 0. The lowest BCUT2D eigenvalue weighted by atomic mass is 9.98. The van der Waals surface area contributed by atoms with Crippen LogP contribution in [-0.2, 0) is 6.42 Å². The van der Waals surface area contributed by atoms with Crippen LogP contribution >= 0.6 is 11.6 Å². The zero-order valence-corrected chi connectivity index (χ0v) is 19.5. The lowest BCUT2D eigenvalue weighted by Crippen LogP contribution is -2.35. The van der Waals surface area contributed by atoms with Gasteiger partial charge in [-0.2, -0.15) is 0 Å². The van der Waals surface area contributed by atoms with E-state index in [2.05, 4.69) is 40.2 Å². The van der Waals surface area contributed by atoms with Crippen molar-refractivity contribution < 1.29 is 4.79 Å². The van der Waals surface area contributed by atoms with Crippen LogP contribution < -0.4 is 4.90 Å². The van der Waals surface area contributed by atoms with Gasteiger partial charge >= 0.3 is 0 Å². The maximum atomic E-state index is 13.3. The number of amides is 1. The normalized spacial score (nSPS) is 16.3. The molecule has 0 atom stereocenters. The van der Waals surface area contributed by atoms with Crippen LogP contribution in [0.15, 0.2) is 66.9 Å². The molecular formula is C28H28ClN3O. The van der Waals surface area contributed by atoms with Crippen LogP contribution in [0.2, 0.25) is 5.02 Å². The number of rotatable bonds is 5. The zero-order chi connectivity index (χ0) is 22.6. The van der Waals surface area contributed by atoms with Crippen molar-refractivity contribution in [1.29, 1.82) is 0 Å². The number of fused-ring (bicyclic) bond motifs is 1. The van der Waals surface area contributed by atoms with E-state index in [4.69, 9.17) is 11.6 Å². The first-order valence-corrected chi connectivity index (χ1v) is 12.1. The van der Waals surface area contributed by atoms with Gasteiger partial charge in [0.1, 0.15) is 0 Å². The van der Waals surface area contributed by atoms with E-state index >= 15 is 0 Å². The van der Waals surface area contributed by atoms with Gasteiger partial charge in [0.25, 0.3) is 5.91 Å². The maximum absolute atomic E-state index is 13.3. The molecule has 168 valence electrons. The average Bonchev–Trinajstić information content (AvgIpc) is 3.37. The van der Waals surface area contributed by atoms with Gasteiger partial charge in [0, 0.05) is 35.6 Å². The Morgan fingerprint density at radius 2 is 1.79 bits per heavy atom. The summed E-state index contributed by atoms with van der Waals surface area (Å²) in [5, 5.41) is 0.694. The van der Waals surface area contributed by atoms with Crippen molar-refractivity contribution in [2.75, 3.05) is 31.1 Å². The first kappa shape index (κ1) is 21.9. The van der Waals surface area contributed by atoms with Gasteiger partial charge in [-0.15, -0.1) is 0 Å². The highest BCUT2D eigenvalue weighted by Gasteiger charge is 2.24. The Morgan fingerprint density at radius 1 is 0.970 bits per heavy atom. The molecule has 0 aliphatic carbocycles. The molecule has 5 heteroatoms. The van der Waals surface area contributed by atoms with Gasteiger partial charge < -0.3 is 4.90 Å². The molecule has 3 heterocycles. The molecule has 0 unspecified atom stereocenters. The van der Waals surface area contributed by atoms with Gasteiger partial charge in [-0.3, -0.25) is 14.7 Å². The third-order valence-electron chi connectivity index (χ3n) is 6.49. The Morgan fingerprint density at radius 3 is 2.55 bits per heavy atom. The van der Waals surface area contributed by atoms with Crippen molar-refractivity contribution in [3.63, 3.8) is 0 Å². The number of pyridine rings is 1. The van der Waals surface area contributed by atoms with Crippen molar-refractivity contribution in [3.8, 4) is 11.3 Å². The summed E-state index contributed by atoms with van der Waals surface area (Å²) in [5.41, 5.74) is 5.87. The number of carbonyl (C=O) groups excluding carboxylic acids is 1. The second-order valence-corrected chi connectivity index (χ2v) is 9.23. The molecule has 0 N–H and O–H groups in total. The molecule has 5 rings (SSSR count). The third-order valence-corrected chi connectivity index (χ3v) is 6.74. The Balaban J connectivity index is 1.30. The molecule has 0 radical (unpaired) electrons. The molecule has 1 aromatic heterocycles. The van der Waals surface area contributed by atoms with E-state index in [0.717, 1.165) is 42.9 Å². The van der Waals surface area contributed by atoms with Gasteiger partial charge in [0.15, 0.2) is 0 Å². The van der Waals surface area contributed by atoms with E-state index in [1.54, 1.807) is 6.20 Å². The lowest BCUT2D eigenvalue weighted by molar-refractivity contribution is 0.0985. The first-order chi connectivity index (χ1) is 16.2. The minimum absolute atomic E-state index is 0.00318. The summed E-state index contributed by atoms with van der Waals surface area (Å²) in [6.45, 7) is 4.16. The summed E-state index contributed by atoms with van der Waals surface area (Å²) in [5.74, 6) is 0.00318. The third kappa shape index (κ3) is 5.02. The van der Waals surface area contributed by atoms with E-state index < -0.39 is 0 Å². The second-order valence-electron chi connectivity index (χ2n) is 8.80. The van der Waals surface area contributed by atoms with E-state index in [1.807, 2.05) is 41.3 Å². The molecule has 0 saturated carbocycles. The molecule has 0 bridgehead atoms. The molecule has 1 saturated heterocycles. The van der Waals surface area contributed by atoms with Gasteiger partial charge in [0.2, 0.25) is 0 Å². The summed E-state index contributed by atoms with van der Waals surface area (Å²) in [6, 6.07) is 17.8. The maximum Gasteiger partial charge on any atom is 0.259 e. The fraction of sp³-hybridized carbons (Fsp3) is 0.286. The van der Waals surface area contributed by atoms with Crippen LogP contribution in [0.5, 0.6) is 0 Å². The number of hydrogen-bond donors (Lipinski definition) is 0. The quantitative estimate of drug-likeness (QED) is 0.464. The van der Waals surface area contributed by atoms with Crippen molar-refractivity contribution >= 4 is 29.3 Å². The fourth-order valence-corrected chi connectivity index (χ4v) is 4.83. The Kier molecular flexibility index (Phi) is 6.56. The van der Waals surface area contributed by atoms with Crippen LogP contribution in [0, 0.1) is 0 Å². The number of carbonyl (C=O) groups is 1. The van der Waals surface area contributed by atoms with Crippen molar-refractivity contribution in [1.82, 2.24) is 9.88 Å². The Hall–Kier alpha value is -2.95.